The van der Waals surface area contributed by atoms with Crippen LogP contribution in [-0.4, -0.2) is 15.5 Å². The Morgan fingerprint density at radius 1 is 1.26 bits per heavy atom. The second kappa shape index (κ2) is 6.36. The molecule has 2 aromatic heterocycles. The number of halogens is 1. The summed E-state index contributed by atoms with van der Waals surface area (Å²) >= 11 is 7.18. The molecule has 0 aliphatic heterocycles. The molecular formula is C16H12ClN3O2S. The smallest absolute Gasteiger partial charge is 0.257 e. The summed E-state index contributed by atoms with van der Waals surface area (Å²) in [5.74, 6) is -0.361. The molecule has 2 heterocycles. The maximum absolute atomic E-state index is 12.2. The van der Waals surface area contributed by atoms with Crippen molar-refractivity contribution in [3.05, 3.63) is 68.9 Å². The number of rotatable bonds is 3. The minimum atomic E-state index is -0.361. The Hall–Kier alpha value is -2.44. The van der Waals surface area contributed by atoms with Crippen molar-refractivity contribution in [2.75, 3.05) is 5.32 Å². The highest BCUT2D eigenvalue weighted by molar-refractivity contribution is 7.14. The first-order valence-corrected chi connectivity index (χ1v) is 7.98. The van der Waals surface area contributed by atoms with Gasteiger partial charge in [-0.05, 0) is 18.2 Å². The van der Waals surface area contributed by atoms with Crippen molar-refractivity contribution in [2.45, 2.75) is 0 Å². The Morgan fingerprint density at radius 3 is 2.70 bits per heavy atom. The highest BCUT2D eigenvalue weighted by Crippen LogP contribution is 2.26. The van der Waals surface area contributed by atoms with Gasteiger partial charge in [0.1, 0.15) is 0 Å². The van der Waals surface area contributed by atoms with E-state index in [-0.39, 0.29) is 11.5 Å². The number of nitrogens with zero attached hydrogens (tertiary/aromatic N) is 2. The molecule has 0 saturated heterocycles. The maximum Gasteiger partial charge on any atom is 0.257 e. The van der Waals surface area contributed by atoms with E-state index in [0.29, 0.717) is 15.7 Å². The van der Waals surface area contributed by atoms with Gasteiger partial charge in [0.25, 0.3) is 11.5 Å². The van der Waals surface area contributed by atoms with Crippen LogP contribution in [0, 0.1) is 0 Å². The van der Waals surface area contributed by atoms with Crippen molar-refractivity contribution in [1.82, 2.24) is 9.55 Å². The number of nitrogens with one attached hydrogen (secondary N) is 1. The lowest BCUT2D eigenvalue weighted by Crippen LogP contribution is -2.19. The molecule has 0 atom stereocenters. The van der Waals surface area contributed by atoms with Gasteiger partial charge < -0.3 is 4.57 Å². The Morgan fingerprint density at radius 2 is 2.00 bits per heavy atom. The first kappa shape index (κ1) is 15.5. The van der Waals surface area contributed by atoms with Crippen LogP contribution in [0.2, 0.25) is 5.02 Å². The zero-order valence-corrected chi connectivity index (χ0v) is 13.7. The molecule has 116 valence electrons. The number of thiazole rings is 1. The van der Waals surface area contributed by atoms with Gasteiger partial charge in [-0.3, -0.25) is 14.9 Å². The molecule has 7 heteroatoms. The quantitative estimate of drug-likeness (QED) is 0.791. The maximum atomic E-state index is 12.2. The molecule has 1 aromatic carbocycles. The van der Waals surface area contributed by atoms with E-state index in [1.165, 1.54) is 22.0 Å². The lowest BCUT2D eigenvalue weighted by Gasteiger charge is -2.02. The lowest BCUT2D eigenvalue weighted by molar-refractivity contribution is 0.102. The second-order valence-electron chi connectivity index (χ2n) is 4.86. The summed E-state index contributed by atoms with van der Waals surface area (Å²) in [5, 5.41) is 5.68. The molecular weight excluding hydrogens is 334 g/mol. The van der Waals surface area contributed by atoms with E-state index in [1.54, 1.807) is 31.4 Å². The fourth-order valence-corrected chi connectivity index (χ4v) is 2.78. The zero-order valence-electron chi connectivity index (χ0n) is 12.1. The van der Waals surface area contributed by atoms with Gasteiger partial charge in [0, 0.05) is 40.8 Å². The minimum absolute atomic E-state index is 0.237. The van der Waals surface area contributed by atoms with E-state index >= 15 is 0 Å². The molecule has 0 aliphatic rings. The van der Waals surface area contributed by atoms with Crippen molar-refractivity contribution in [3.63, 3.8) is 0 Å². The molecule has 23 heavy (non-hydrogen) atoms. The molecule has 0 radical (unpaired) electrons. The highest BCUT2D eigenvalue weighted by Gasteiger charge is 2.11. The highest BCUT2D eigenvalue weighted by atomic mass is 35.5. The molecule has 3 rings (SSSR count). The van der Waals surface area contributed by atoms with Crippen LogP contribution in [-0.2, 0) is 7.05 Å². The van der Waals surface area contributed by atoms with Gasteiger partial charge >= 0.3 is 0 Å². The molecule has 1 amide bonds. The third-order valence-corrected chi connectivity index (χ3v) is 4.24. The average Bonchev–Trinajstić information content (AvgIpc) is 2.99. The fraction of sp³-hybridized carbons (Fsp3) is 0.0625. The molecule has 0 unspecified atom stereocenters. The number of anilines is 1. The summed E-state index contributed by atoms with van der Waals surface area (Å²) in [6.07, 6.45) is 1.55. The summed E-state index contributed by atoms with van der Waals surface area (Å²) in [6, 6.07) is 10.2. The summed E-state index contributed by atoms with van der Waals surface area (Å²) < 4.78 is 1.40. The number of amides is 1. The Balaban J connectivity index is 1.78. The van der Waals surface area contributed by atoms with Crippen molar-refractivity contribution in [2.24, 2.45) is 7.05 Å². The summed E-state index contributed by atoms with van der Waals surface area (Å²) in [5.41, 5.74) is 1.74. The van der Waals surface area contributed by atoms with E-state index in [0.717, 1.165) is 11.3 Å². The molecule has 0 saturated carbocycles. The van der Waals surface area contributed by atoms with Gasteiger partial charge in [-0.1, -0.05) is 23.7 Å². The van der Waals surface area contributed by atoms with Gasteiger partial charge in [0.15, 0.2) is 5.13 Å². The van der Waals surface area contributed by atoms with Gasteiger partial charge in [-0.2, -0.15) is 0 Å². The number of carbonyl (C=O) groups is 1. The molecule has 0 bridgehead atoms. The van der Waals surface area contributed by atoms with E-state index in [9.17, 15) is 9.59 Å². The van der Waals surface area contributed by atoms with Crippen molar-refractivity contribution >= 4 is 34.0 Å². The van der Waals surface area contributed by atoms with Crippen LogP contribution >= 0.6 is 22.9 Å². The Kier molecular flexibility index (Phi) is 4.27. The Labute approximate surface area is 141 Å². The number of aryl methyl sites for hydroxylation is 1. The number of pyridine rings is 1. The average molecular weight is 346 g/mol. The standard InChI is InChI=1S/C16H12ClN3O2S/c1-20-7-6-11(8-14(20)21)15(22)19-16-18-13(9-23-16)10-2-4-12(17)5-3-10/h2-9H,1H3,(H,18,19,22). The number of hydrogen-bond acceptors (Lipinski definition) is 4. The number of carbonyl (C=O) groups excluding carboxylic acids is 1. The molecule has 0 spiro atoms. The lowest BCUT2D eigenvalue weighted by atomic mass is 10.2. The number of aromatic nitrogens is 2. The van der Waals surface area contributed by atoms with Crippen LogP contribution in [0.25, 0.3) is 11.3 Å². The van der Waals surface area contributed by atoms with E-state index in [4.69, 9.17) is 11.6 Å². The van der Waals surface area contributed by atoms with Gasteiger partial charge in [0.2, 0.25) is 0 Å². The van der Waals surface area contributed by atoms with Gasteiger partial charge in [0.05, 0.1) is 5.69 Å². The normalized spacial score (nSPS) is 10.5. The molecule has 3 aromatic rings. The topological polar surface area (TPSA) is 64.0 Å². The number of hydrogen-bond donors (Lipinski definition) is 1. The zero-order chi connectivity index (χ0) is 16.4. The first-order chi connectivity index (χ1) is 11.0. The second-order valence-corrected chi connectivity index (χ2v) is 6.16. The van der Waals surface area contributed by atoms with Crippen LogP contribution in [0.1, 0.15) is 10.4 Å². The minimum Gasteiger partial charge on any atom is -0.319 e. The van der Waals surface area contributed by atoms with Crippen molar-refractivity contribution < 1.29 is 4.79 Å². The fourth-order valence-electron chi connectivity index (χ4n) is 1.94. The van der Waals surface area contributed by atoms with Gasteiger partial charge in [-0.15, -0.1) is 11.3 Å². The van der Waals surface area contributed by atoms with E-state index < -0.39 is 0 Å². The molecule has 0 aliphatic carbocycles. The molecule has 0 fully saturated rings. The molecule has 1 N–H and O–H groups in total. The largest absolute Gasteiger partial charge is 0.319 e. The predicted octanol–water partition coefficient (Wildman–Crippen LogP) is 3.41. The summed E-state index contributed by atoms with van der Waals surface area (Å²) in [6.45, 7) is 0. The summed E-state index contributed by atoms with van der Waals surface area (Å²) in [7, 11) is 1.63. The third kappa shape index (κ3) is 3.49. The van der Waals surface area contributed by atoms with Crippen LogP contribution in [0.15, 0.2) is 52.8 Å². The number of benzene rings is 1. The van der Waals surface area contributed by atoms with Gasteiger partial charge in [-0.25, -0.2) is 4.98 Å². The van der Waals surface area contributed by atoms with E-state index in [2.05, 4.69) is 10.3 Å². The third-order valence-electron chi connectivity index (χ3n) is 3.23. The summed E-state index contributed by atoms with van der Waals surface area (Å²) in [4.78, 5) is 28.1. The first-order valence-electron chi connectivity index (χ1n) is 6.72. The van der Waals surface area contributed by atoms with Crippen LogP contribution in [0.3, 0.4) is 0 Å². The van der Waals surface area contributed by atoms with Crippen molar-refractivity contribution in [1.29, 1.82) is 0 Å². The molecule has 5 nitrogen and oxygen atoms in total. The van der Waals surface area contributed by atoms with E-state index in [1.807, 2.05) is 17.5 Å². The van der Waals surface area contributed by atoms with Crippen LogP contribution < -0.4 is 10.9 Å². The monoisotopic (exact) mass is 345 g/mol. The van der Waals surface area contributed by atoms with Crippen LogP contribution in [0.5, 0.6) is 0 Å². The van der Waals surface area contributed by atoms with Crippen LogP contribution in [0.4, 0.5) is 5.13 Å². The Bertz CT molecular complexity index is 916. The SMILES string of the molecule is Cn1ccc(C(=O)Nc2nc(-c3ccc(Cl)cc3)cs2)cc1=O. The van der Waals surface area contributed by atoms with Crippen molar-refractivity contribution in [3.8, 4) is 11.3 Å². The predicted molar refractivity (Wildman–Crippen MR) is 92.2 cm³/mol.